The van der Waals surface area contributed by atoms with Crippen molar-refractivity contribution in [3.05, 3.63) is 65.0 Å². The van der Waals surface area contributed by atoms with Gasteiger partial charge < -0.3 is 14.2 Å². The van der Waals surface area contributed by atoms with Crippen molar-refractivity contribution in [3.63, 3.8) is 0 Å². The minimum absolute atomic E-state index is 0.0810. The van der Waals surface area contributed by atoms with Crippen LogP contribution in [0.1, 0.15) is 53.8 Å². The summed E-state index contributed by atoms with van der Waals surface area (Å²) in [4.78, 5) is 0. The molecule has 180 valence electrons. The highest BCUT2D eigenvalue weighted by Crippen LogP contribution is 2.44. The normalized spacial score (nSPS) is 19.6. The van der Waals surface area contributed by atoms with Crippen LogP contribution in [0.2, 0.25) is 0 Å². The van der Waals surface area contributed by atoms with E-state index in [2.05, 4.69) is 14.6 Å². The Balaban J connectivity index is 1.44. The number of rotatable bonds is 4. The topological polar surface area (TPSA) is 45.5 Å². The number of halogens is 6. The van der Waals surface area contributed by atoms with Crippen LogP contribution in [0.15, 0.2) is 42.5 Å². The van der Waals surface area contributed by atoms with E-state index in [1.807, 2.05) is 0 Å². The fraction of sp³-hybridized carbons (Fsp3) is 0.348. The summed E-state index contributed by atoms with van der Waals surface area (Å²) in [6, 6.07) is 10.8. The van der Waals surface area contributed by atoms with Crippen LogP contribution in [0, 0.1) is 0 Å². The lowest BCUT2D eigenvalue weighted by Gasteiger charge is -2.20. The molecule has 0 radical (unpaired) electrons. The van der Waals surface area contributed by atoms with Crippen molar-refractivity contribution in [2.24, 2.45) is 0 Å². The summed E-state index contributed by atoms with van der Waals surface area (Å²) >= 11 is 6.40. The summed E-state index contributed by atoms with van der Waals surface area (Å²) in [5.74, 6) is 0.165. The molecule has 0 amide bonds. The molecule has 0 saturated heterocycles. The van der Waals surface area contributed by atoms with Gasteiger partial charge in [0.15, 0.2) is 17.2 Å². The van der Waals surface area contributed by atoms with E-state index in [0.29, 0.717) is 35.5 Å². The molecule has 1 aromatic heterocycles. The van der Waals surface area contributed by atoms with Gasteiger partial charge in [-0.25, -0.2) is 4.68 Å². The largest absolute Gasteiger partial charge is 0.586 e. The predicted octanol–water partition coefficient (Wildman–Crippen LogP) is 6.97. The summed E-state index contributed by atoms with van der Waals surface area (Å²) in [6.07, 6.45) is -7.55. The number of aromatic nitrogens is 2. The second-order valence-electron chi connectivity index (χ2n) is 8.11. The van der Waals surface area contributed by atoms with Gasteiger partial charge in [0.05, 0.1) is 16.8 Å². The lowest BCUT2D eigenvalue weighted by Crippen LogP contribution is -2.25. The lowest BCUT2D eigenvalue weighted by atomic mass is 9.95. The molecule has 0 N–H and O–H groups in total. The maximum atomic E-state index is 13.6. The number of hydrogen-bond donors (Lipinski definition) is 0. The van der Waals surface area contributed by atoms with E-state index >= 15 is 0 Å². The molecule has 3 aromatic rings. The molecule has 2 aromatic carbocycles. The molecule has 1 aliphatic carbocycles. The van der Waals surface area contributed by atoms with Crippen molar-refractivity contribution < 1.29 is 36.2 Å². The molecule has 0 fully saturated rings. The molecule has 0 saturated carbocycles. The molecule has 2 heterocycles. The lowest BCUT2D eigenvalue weighted by molar-refractivity contribution is -0.286. The molecule has 0 spiro atoms. The van der Waals surface area contributed by atoms with Crippen LogP contribution < -0.4 is 14.2 Å². The summed E-state index contributed by atoms with van der Waals surface area (Å²) in [5.41, 5.74) is 0.443. The summed E-state index contributed by atoms with van der Waals surface area (Å²) in [7, 11) is 0. The quantitative estimate of drug-likeness (QED) is 0.287. The summed E-state index contributed by atoms with van der Waals surface area (Å²) in [5, 5.41) is 3.27. The van der Waals surface area contributed by atoms with Crippen molar-refractivity contribution in [2.75, 3.05) is 0 Å². The molecule has 1 aliphatic heterocycles. The SMILES string of the molecule is C[C@H](Oc1cccc(-n2nc(C(F)(F)F)c3c2C(Cl)CCC3)c1)c1ccc2c(c1)OC(F)(F)O2. The summed E-state index contributed by atoms with van der Waals surface area (Å²) < 4.78 is 83.4. The Labute approximate surface area is 196 Å². The molecule has 2 atom stereocenters. The van der Waals surface area contributed by atoms with Gasteiger partial charge in [-0.2, -0.15) is 18.3 Å². The van der Waals surface area contributed by atoms with Crippen molar-refractivity contribution in [1.29, 1.82) is 0 Å². The zero-order chi connectivity index (χ0) is 24.3. The number of benzene rings is 2. The van der Waals surface area contributed by atoms with Crippen LogP contribution in [-0.4, -0.2) is 16.1 Å². The Kier molecular flexibility index (Phi) is 5.38. The van der Waals surface area contributed by atoms with E-state index in [-0.39, 0.29) is 23.5 Å². The van der Waals surface area contributed by atoms with Gasteiger partial charge in [0, 0.05) is 11.6 Å². The molecule has 34 heavy (non-hydrogen) atoms. The number of nitrogens with zero attached hydrogens (tertiary/aromatic N) is 2. The fourth-order valence-corrected chi connectivity index (χ4v) is 4.61. The Morgan fingerprint density at radius 3 is 2.68 bits per heavy atom. The van der Waals surface area contributed by atoms with Crippen molar-refractivity contribution >= 4 is 11.6 Å². The first-order valence-electron chi connectivity index (χ1n) is 10.5. The molecule has 5 nitrogen and oxygen atoms in total. The second kappa shape index (κ2) is 8.04. The Bertz CT molecular complexity index is 1240. The fourth-order valence-electron chi connectivity index (χ4n) is 4.23. The van der Waals surface area contributed by atoms with E-state index in [1.165, 1.54) is 16.8 Å². The van der Waals surface area contributed by atoms with Crippen molar-refractivity contribution in [3.8, 4) is 22.9 Å². The van der Waals surface area contributed by atoms with E-state index in [1.54, 1.807) is 37.3 Å². The third kappa shape index (κ3) is 4.15. The molecule has 1 unspecified atom stereocenters. The highest BCUT2D eigenvalue weighted by Gasteiger charge is 2.44. The van der Waals surface area contributed by atoms with Gasteiger partial charge in [-0.1, -0.05) is 12.1 Å². The van der Waals surface area contributed by atoms with Gasteiger partial charge in [-0.15, -0.1) is 20.4 Å². The van der Waals surface area contributed by atoms with Crippen LogP contribution in [0.5, 0.6) is 17.2 Å². The van der Waals surface area contributed by atoms with Gasteiger partial charge in [0.25, 0.3) is 0 Å². The standard InChI is InChI=1S/C23H18ClF5N2O3/c1-12(13-8-9-18-19(10-13)34-23(28,29)33-18)32-15-5-2-4-14(11-15)31-20-16(6-3-7-17(20)24)21(30-31)22(25,26)27/h2,4-5,8-12,17H,3,6-7H2,1H3/t12-,17?/m0/s1. The smallest absolute Gasteiger partial charge is 0.486 e. The van der Waals surface area contributed by atoms with Crippen LogP contribution in [0.3, 0.4) is 0 Å². The maximum Gasteiger partial charge on any atom is 0.586 e. The van der Waals surface area contributed by atoms with Gasteiger partial charge in [-0.05, 0) is 56.0 Å². The minimum Gasteiger partial charge on any atom is -0.486 e. The first-order valence-corrected chi connectivity index (χ1v) is 11.0. The van der Waals surface area contributed by atoms with Gasteiger partial charge in [0.1, 0.15) is 11.9 Å². The summed E-state index contributed by atoms with van der Waals surface area (Å²) in [6.45, 7) is 1.70. The van der Waals surface area contributed by atoms with Crippen molar-refractivity contribution in [1.82, 2.24) is 9.78 Å². The highest BCUT2D eigenvalue weighted by atomic mass is 35.5. The molecule has 11 heteroatoms. The number of hydrogen-bond acceptors (Lipinski definition) is 4. The van der Waals surface area contributed by atoms with Crippen LogP contribution >= 0.6 is 11.6 Å². The third-order valence-corrected chi connectivity index (χ3v) is 6.17. The monoisotopic (exact) mass is 500 g/mol. The zero-order valence-corrected chi connectivity index (χ0v) is 18.5. The molecular weight excluding hydrogens is 483 g/mol. The number of fused-ring (bicyclic) bond motifs is 2. The van der Waals surface area contributed by atoms with Gasteiger partial charge >= 0.3 is 12.5 Å². The van der Waals surface area contributed by atoms with Gasteiger partial charge in [0.2, 0.25) is 0 Å². The van der Waals surface area contributed by atoms with Crippen LogP contribution in [0.4, 0.5) is 22.0 Å². The average molecular weight is 501 g/mol. The first-order chi connectivity index (χ1) is 16.0. The molecule has 0 bridgehead atoms. The second-order valence-corrected chi connectivity index (χ2v) is 8.64. The van der Waals surface area contributed by atoms with E-state index in [9.17, 15) is 22.0 Å². The van der Waals surface area contributed by atoms with Crippen LogP contribution in [-0.2, 0) is 12.6 Å². The number of ether oxygens (including phenoxy) is 3. The molecular formula is C23H18ClF5N2O3. The average Bonchev–Trinajstić information content (AvgIpc) is 3.30. The maximum absolute atomic E-state index is 13.6. The Morgan fingerprint density at radius 2 is 1.91 bits per heavy atom. The van der Waals surface area contributed by atoms with E-state index in [0.717, 1.165) is 0 Å². The van der Waals surface area contributed by atoms with Crippen molar-refractivity contribution in [2.45, 2.75) is 50.1 Å². The van der Waals surface area contributed by atoms with E-state index in [4.69, 9.17) is 16.3 Å². The number of alkyl halides is 6. The highest BCUT2D eigenvalue weighted by molar-refractivity contribution is 6.20. The van der Waals surface area contributed by atoms with E-state index < -0.39 is 29.6 Å². The molecule has 5 rings (SSSR count). The van der Waals surface area contributed by atoms with Crippen LogP contribution in [0.25, 0.3) is 5.69 Å². The molecule has 2 aliphatic rings. The zero-order valence-electron chi connectivity index (χ0n) is 17.7. The first kappa shape index (κ1) is 22.8. The Hall–Kier alpha value is -3.01. The minimum atomic E-state index is -4.60. The van der Waals surface area contributed by atoms with Gasteiger partial charge in [-0.3, -0.25) is 0 Å². The third-order valence-electron chi connectivity index (χ3n) is 5.74. The Morgan fingerprint density at radius 1 is 1.15 bits per heavy atom. The predicted molar refractivity (Wildman–Crippen MR) is 112 cm³/mol.